The van der Waals surface area contributed by atoms with Gasteiger partial charge in [0.2, 0.25) is 0 Å². The second-order valence-electron chi connectivity index (χ2n) is 5.71. The van der Waals surface area contributed by atoms with Gasteiger partial charge >= 0.3 is 5.97 Å². The predicted molar refractivity (Wildman–Crippen MR) is 97.7 cm³/mol. The minimum Gasteiger partial charge on any atom is -0.486 e. The topological polar surface area (TPSA) is 117 Å². The molecule has 0 saturated carbocycles. The lowest BCUT2D eigenvalue weighted by molar-refractivity contribution is -0.385. The highest BCUT2D eigenvalue weighted by Crippen LogP contribution is 2.36. The molecule has 1 aliphatic heterocycles. The fraction of sp³-hybridized carbons (Fsp3) is 0.222. The third-order valence-electron chi connectivity index (χ3n) is 3.85. The van der Waals surface area contributed by atoms with Gasteiger partial charge in [-0.3, -0.25) is 14.9 Å². The molecule has 1 N–H and O–H groups in total. The SMILES string of the molecule is O=C(COC(=O)c1cc2c(cc1[N+](=O)[O-])OCCO2)NCc1ccccc1Cl. The molecule has 0 aliphatic carbocycles. The summed E-state index contributed by atoms with van der Waals surface area (Å²) in [4.78, 5) is 34.7. The lowest BCUT2D eigenvalue weighted by atomic mass is 10.1. The van der Waals surface area contributed by atoms with Crippen LogP contribution in [0.15, 0.2) is 36.4 Å². The number of halogens is 1. The van der Waals surface area contributed by atoms with Crippen LogP contribution in [0, 0.1) is 10.1 Å². The van der Waals surface area contributed by atoms with Crippen molar-refractivity contribution in [2.75, 3.05) is 19.8 Å². The number of ether oxygens (including phenoxy) is 3. The fourth-order valence-electron chi connectivity index (χ4n) is 2.49. The molecule has 0 fully saturated rings. The van der Waals surface area contributed by atoms with Crippen molar-refractivity contribution in [3.05, 3.63) is 62.7 Å². The van der Waals surface area contributed by atoms with Crippen LogP contribution in [0.2, 0.25) is 5.02 Å². The number of nitro benzene ring substituents is 1. The Morgan fingerprint density at radius 2 is 1.86 bits per heavy atom. The van der Waals surface area contributed by atoms with Crippen LogP contribution in [-0.4, -0.2) is 36.6 Å². The number of carbonyl (C=O) groups excluding carboxylic acids is 2. The first-order chi connectivity index (χ1) is 13.5. The van der Waals surface area contributed by atoms with E-state index in [0.29, 0.717) is 10.6 Å². The van der Waals surface area contributed by atoms with Gasteiger partial charge in [-0.25, -0.2) is 4.79 Å². The molecule has 1 amide bonds. The lowest BCUT2D eigenvalue weighted by Gasteiger charge is -2.18. The van der Waals surface area contributed by atoms with Crippen LogP contribution in [0.5, 0.6) is 11.5 Å². The summed E-state index contributed by atoms with van der Waals surface area (Å²) in [5.41, 5.74) is -0.120. The Labute approximate surface area is 164 Å². The maximum absolute atomic E-state index is 12.3. The molecule has 0 radical (unpaired) electrons. The van der Waals surface area contributed by atoms with Crippen molar-refractivity contribution in [3.8, 4) is 11.5 Å². The zero-order valence-electron chi connectivity index (χ0n) is 14.5. The average molecular weight is 407 g/mol. The first kappa shape index (κ1) is 19.4. The predicted octanol–water partition coefficient (Wildman–Crippen LogP) is 2.49. The summed E-state index contributed by atoms with van der Waals surface area (Å²) in [6.07, 6.45) is 0. The Morgan fingerprint density at radius 3 is 2.54 bits per heavy atom. The molecule has 0 bridgehead atoms. The minimum atomic E-state index is -1.02. The summed E-state index contributed by atoms with van der Waals surface area (Å²) < 4.78 is 15.5. The Balaban J connectivity index is 1.63. The molecule has 10 heteroatoms. The molecule has 146 valence electrons. The maximum atomic E-state index is 12.3. The Kier molecular flexibility index (Phi) is 5.95. The summed E-state index contributed by atoms with van der Waals surface area (Å²) in [5, 5.41) is 14.3. The van der Waals surface area contributed by atoms with Crippen molar-refractivity contribution < 1.29 is 28.7 Å². The van der Waals surface area contributed by atoms with Crippen LogP contribution in [0.3, 0.4) is 0 Å². The smallest absolute Gasteiger partial charge is 0.345 e. The van der Waals surface area contributed by atoms with Crippen molar-refractivity contribution in [2.45, 2.75) is 6.54 Å². The lowest BCUT2D eigenvalue weighted by Crippen LogP contribution is -2.28. The summed E-state index contributed by atoms with van der Waals surface area (Å²) >= 11 is 6.00. The van der Waals surface area contributed by atoms with E-state index in [4.69, 9.17) is 25.8 Å². The number of benzene rings is 2. The molecule has 0 spiro atoms. The van der Waals surface area contributed by atoms with Gasteiger partial charge in [-0.1, -0.05) is 29.8 Å². The molecule has 0 unspecified atom stereocenters. The second-order valence-corrected chi connectivity index (χ2v) is 6.12. The number of fused-ring (bicyclic) bond motifs is 1. The first-order valence-corrected chi connectivity index (χ1v) is 8.59. The van der Waals surface area contributed by atoms with Crippen LogP contribution in [-0.2, 0) is 16.1 Å². The third-order valence-corrected chi connectivity index (χ3v) is 4.21. The zero-order chi connectivity index (χ0) is 20.1. The van der Waals surface area contributed by atoms with E-state index >= 15 is 0 Å². The largest absolute Gasteiger partial charge is 0.486 e. The standard InChI is InChI=1S/C18H15ClN2O7/c19-13-4-2-1-3-11(13)9-20-17(22)10-28-18(23)12-7-15-16(27-6-5-26-15)8-14(12)21(24)25/h1-4,7-8H,5-6,9-10H2,(H,20,22). The number of esters is 1. The van der Waals surface area contributed by atoms with Crippen molar-refractivity contribution in [2.24, 2.45) is 0 Å². The average Bonchev–Trinajstić information content (AvgIpc) is 2.70. The number of carbonyl (C=O) groups is 2. The molecule has 0 aromatic heterocycles. The van der Waals surface area contributed by atoms with Crippen molar-refractivity contribution >= 4 is 29.2 Å². The third kappa shape index (κ3) is 4.49. The van der Waals surface area contributed by atoms with Gasteiger partial charge in [0.1, 0.15) is 18.8 Å². The van der Waals surface area contributed by atoms with Crippen LogP contribution in [0.25, 0.3) is 0 Å². The van der Waals surface area contributed by atoms with Gasteiger partial charge in [0, 0.05) is 17.6 Å². The van der Waals surface area contributed by atoms with Gasteiger partial charge in [0.15, 0.2) is 18.1 Å². The van der Waals surface area contributed by atoms with Gasteiger partial charge in [-0.15, -0.1) is 0 Å². The normalized spacial score (nSPS) is 12.2. The quantitative estimate of drug-likeness (QED) is 0.445. The number of nitro groups is 1. The Hall–Kier alpha value is -3.33. The van der Waals surface area contributed by atoms with E-state index in [9.17, 15) is 19.7 Å². The van der Waals surface area contributed by atoms with Crippen molar-refractivity contribution in [1.29, 1.82) is 0 Å². The Bertz CT molecular complexity index is 932. The highest BCUT2D eigenvalue weighted by molar-refractivity contribution is 6.31. The molecule has 2 aromatic carbocycles. The van der Waals surface area contributed by atoms with Gasteiger partial charge in [-0.05, 0) is 11.6 Å². The minimum absolute atomic E-state index is 0.153. The van der Waals surface area contributed by atoms with Gasteiger partial charge in [0.25, 0.3) is 11.6 Å². The highest BCUT2D eigenvalue weighted by Gasteiger charge is 2.27. The number of rotatable bonds is 6. The molecular weight excluding hydrogens is 392 g/mol. The molecule has 1 aliphatic rings. The van der Waals surface area contributed by atoms with Crippen molar-refractivity contribution in [1.82, 2.24) is 5.32 Å². The zero-order valence-corrected chi connectivity index (χ0v) is 15.2. The number of amides is 1. The van der Waals surface area contributed by atoms with E-state index in [1.165, 1.54) is 6.07 Å². The monoisotopic (exact) mass is 406 g/mol. The second kappa shape index (κ2) is 8.57. The van der Waals surface area contributed by atoms with E-state index in [1.54, 1.807) is 24.3 Å². The van der Waals surface area contributed by atoms with Crippen LogP contribution in [0.4, 0.5) is 5.69 Å². The number of nitrogens with one attached hydrogen (secondary N) is 1. The summed E-state index contributed by atoms with van der Waals surface area (Å²) in [6, 6.07) is 9.24. The van der Waals surface area contributed by atoms with E-state index in [0.717, 1.165) is 6.07 Å². The van der Waals surface area contributed by atoms with Gasteiger partial charge in [-0.2, -0.15) is 0 Å². The molecule has 0 saturated heterocycles. The van der Waals surface area contributed by atoms with Crippen LogP contribution >= 0.6 is 11.6 Å². The molecule has 9 nitrogen and oxygen atoms in total. The highest BCUT2D eigenvalue weighted by atomic mass is 35.5. The van der Waals surface area contributed by atoms with E-state index in [-0.39, 0.29) is 36.8 Å². The Morgan fingerprint density at radius 1 is 1.18 bits per heavy atom. The summed E-state index contributed by atoms with van der Waals surface area (Å²) in [5.74, 6) is -1.22. The van der Waals surface area contributed by atoms with E-state index in [1.807, 2.05) is 0 Å². The number of hydrogen-bond donors (Lipinski definition) is 1. The van der Waals surface area contributed by atoms with E-state index < -0.39 is 29.1 Å². The molecular formula is C18H15ClN2O7. The molecule has 3 rings (SSSR count). The molecule has 1 heterocycles. The van der Waals surface area contributed by atoms with Gasteiger partial charge < -0.3 is 19.5 Å². The number of nitrogens with zero attached hydrogens (tertiary/aromatic N) is 1. The number of hydrogen-bond acceptors (Lipinski definition) is 7. The first-order valence-electron chi connectivity index (χ1n) is 8.21. The van der Waals surface area contributed by atoms with Crippen molar-refractivity contribution in [3.63, 3.8) is 0 Å². The maximum Gasteiger partial charge on any atom is 0.345 e. The molecule has 2 aromatic rings. The summed E-state index contributed by atoms with van der Waals surface area (Å²) in [7, 11) is 0. The summed E-state index contributed by atoms with van der Waals surface area (Å²) in [6.45, 7) is 0.0540. The van der Waals surface area contributed by atoms with Gasteiger partial charge in [0.05, 0.1) is 11.0 Å². The fourth-order valence-corrected chi connectivity index (χ4v) is 2.69. The van der Waals surface area contributed by atoms with Crippen LogP contribution < -0.4 is 14.8 Å². The van der Waals surface area contributed by atoms with E-state index in [2.05, 4.69) is 5.32 Å². The molecule has 0 atom stereocenters. The molecule has 28 heavy (non-hydrogen) atoms. The van der Waals surface area contributed by atoms with Crippen LogP contribution in [0.1, 0.15) is 15.9 Å².